The zero-order valence-corrected chi connectivity index (χ0v) is 13.2. The Morgan fingerprint density at radius 3 is 2.57 bits per heavy atom. The van der Waals surface area contributed by atoms with Crippen LogP contribution in [-0.4, -0.2) is 34.5 Å². The van der Waals surface area contributed by atoms with Crippen molar-refractivity contribution in [3.05, 3.63) is 40.4 Å². The summed E-state index contributed by atoms with van der Waals surface area (Å²) in [5.74, 6) is -1.12. The zero-order chi connectivity index (χ0) is 16.0. The predicted molar refractivity (Wildman–Crippen MR) is 84.3 cm³/mol. The van der Waals surface area contributed by atoms with Gasteiger partial charge in [-0.25, -0.2) is 0 Å². The van der Waals surface area contributed by atoms with E-state index >= 15 is 0 Å². The number of aliphatic carboxylic acids is 1. The lowest BCUT2D eigenvalue weighted by Crippen LogP contribution is -2.37. The summed E-state index contributed by atoms with van der Waals surface area (Å²) in [7, 11) is 0. The minimum atomic E-state index is -0.914. The second kappa shape index (κ2) is 7.84. The van der Waals surface area contributed by atoms with E-state index in [0.717, 1.165) is 11.1 Å². The highest BCUT2D eigenvalue weighted by molar-refractivity contribution is 6.31. The van der Waals surface area contributed by atoms with Crippen LogP contribution in [0, 0.1) is 6.92 Å². The molecule has 114 valence electrons. The lowest BCUT2D eigenvalue weighted by atomic mass is 10.1. The molecule has 5 heteroatoms. The van der Waals surface area contributed by atoms with Gasteiger partial charge in [0, 0.05) is 23.7 Å². The molecule has 1 N–H and O–H groups in total. The van der Waals surface area contributed by atoms with Gasteiger partial charge in [-0.2, -0.15) is 0 Å². The van der Waals surface area contributed by atoms with Gasteiger partial charge >= 0.3 is 5.97 Å². The molecule has 0 aliphatic carbocycles. The van der Waals surface area contributed by atoms with Gasteiger partial charge in [-0.3, -0.25) is 9.59 Å². The Kier molecular flexibility index (Phi) is 6.43. The van der Waals surface area contributed by atoms with Gasteiger partial charge in [0.05, 0.1) is 6.42 Å². The molecule has 0 bridgehead atoms. The summed E-state index contributed by atoms with van der Waals surface area (Å²) in [6.45, 7) is 5.82. The number of amides is 1. The first-order chi connectivity index (χ1) is 9.81. The SMILES string of the molecule is Cc1ccc(/C=C/C(=O)N(CCC(=O)O)C(C)C)cc1Cl. The van der Waals surface area contributed by atoms with Crippen molar-refractivity contribution in [1.82, 2.24) is 4.90 Å². The number of halogens is 1. The molecular weight excluding hydrogens is 290 g/mol. The van der Waals surface area contributed by atoms with Crippen LogP contribution in [0.5, 0.6) is 0 Å². The van der Waals surface area contributed by atoms with Gasteiger partial charge in [0.2, 0.25) is 5.91 Å². The molecule has 0 unspecified atom stereocenters. The molecule has 0 saturated heterocycles. The van der Waals surface area contributed by atoms with Crippen LogP contribution in [0.2, 0.25) is 5.02 Å². The van der Waals surface area contributed by atoms with Crippen molar-refractivity contribution < 1.29 is 14.7 Å². The van der Waals surface area contributed by atoms with Crippen LogP contribution in [-0.2, 0) is 9.59 Å². The Morgan fingerprint density at radius 1 is 1.38 bits per heavy atom. The molecule has 0 atom stereocenters. The smallest absolute Gasteiger partial charge is 0.305 e. The molecule has 0 aromatic heterocycles. The third-order valence-corrected chi connectivity index (χ3v) is 3.49. The number of hydrogen-bond donors (Lipinski definition) is 1. The number of carbonyl (C=O) groups is 2. The van der Waals surface area contributed by atoms with E-state index < -0.39 is 5.97 Å². The largest absolute Gasteiger partial charge is 0.481 e. The summed E-state index contributed by atoms with van der Waals surface area (Å²) < 4.78 is 0. The summed E-state index contributed by atoms with van der Waals surface area (Å²) >= 11 is 6.03. The minimum Gasteiger partial charge on any atom is -0.481 e. The van der Waals surface area contributed by atoms with Crippen LogP contribution in [0.3, 0.4) is 0 Å². The highest BCUT2D eigenvalue weighted by Gasteiger charge is 2.15. The van der Waals surface area contributed by atoms with Gasteiger partial charge in [0.1, 0.15) is 0 Å². The number of carbonyl (C=O) groups excluding carboxylic acids is 1. The highest BCUT2D eigenvalue weighted by atomic mass is 35.5. The molecule has 0 heterocycles. The first-order valence-corrected chi connectivity index (χ1v) is 7.15. The second-order valence-electron chi connectivity index (χ2n) is 5.11. The maximum absolute atomic E-state index is 12.1. The third-order valence-electron chi connectivity index (χ3n) is 3.09. The molecule has 0 fully saturated rings. The van der Waals surface area contributed by atoms with Crippen molar-refractivity contribution in [1.29, 1.82) is 0 Å². The van der Waals surface area contributed by atoms with E-state index in [0.29, 0.717) is 5.02 Å². The molecular formula is C16H20ClNO3. The summed E-state index contributed by atoms with van der Waals surface area (Å²) in [4.78, 5) is 24.3. The van der Waals surface area contributed by atoms with E-state index in [4.69, 9.17) is 16.7 Å². The van der Waals surface area contributed by atoms with Gasteiger partial charge in [0.15, 0.2) is 0 Å². The molecule has 21 heavy (non-hydrogen) atoms. The fourth-order valence-corrected chi connectivity index (χ4v) is 2.00. The molecule has 1 aromatic rings. The lowest BCUT2D eigenvalue weighted by Gasteiger charge is -2.24. The Morgan fingerprint density at radius 2 is 2.05 bits per heavy atom. The molecule has 1 aromatic carbocycles. The fraction of sp³-hybridized carbons (Fsp3) is 0.375. The Labute approximate surface area is 130 Å². The van der Waals surface area contributed by atoms with Crippen molar-refractivity contribution in [2.75, 3.05) is 6.54 Å². The topological polar surface area (TPSA) is 57.6 Å². The highest BCUT2D eigenvalue weighted by Crippen LogP contribution is 2.17. The van der Waals surface area contributed by atoms with Crippen molar-refractivity contribution in [3.8, 4) is 0 Å². The van der Waals surface area contributed by atoms with Crippen molar-refractivity contribution in [3.63, 3.8) is 0 Å². The molecule has 1 rings (SSSR count). The number of rotatable bonds is 6. The maximum atomic E-state index is 12.1. The van der Waals surface area contributed by atoms with E-state index in [2.05, 4.69) is 0 Å². The van der Waals surface area contributed by atoms with E-state index in [9.17, 15) is 9.59 Å². The first-order valence-electron chi connectivity index (χ1n) is 6.78. The van der Waals surface area contributed by atoms with Gasteiger partial charge < -0.3 is 10.0 Å². The van der Waals surface area contributed by atoms with E-state index in [-0.39, 0.29) is 24.9 Å². The molecule has 0 aliphatic heterocycles. The molecule has 0 aliphatic rings. The standard InChI is InChI=1S/C16H20ClNO3/c1-11(2)18(9-8-16(20)21)15(19)7-6-13-5-4-12(3)14(17)10-13/h4-7,10-11H,8-9H2,1-3H3,(H,20,21)/b7-6+. The molecule has 1 amide bonds. The zero-order valence-electron chi connectivity index (χ0n) is 12.5. The Hall–Kier alpha value is -1.81. The second-order valence-corrected chi connectivity index (χ2v) is 5.52. The normalized spacial score (nSPS) is 11.1. The van der Waals surface area contributed by atoms with Crippen LogP contribution in [0.15, 0.2) is 24.3 Å². The van der Waals surface area contributed by atoms with Crippen molar-refractivity contribution in [2.45, 2.75) is 33.2 Å². The van der Waals surface area contributed by atoms with Crippen molar-refractivity contribution >= 4 is 29.6 Å². The van der Waals surface area contributed by atoms with Gasteiger partial charge in [-0.1, -0.05) is 23.7 Å². The van der Waals surface area contributed by atoms with E-state index in [1.807, 2.05) is 32.9 Å². The van der Waals surface area contributed by atoms with Gasteiger partial charge in [0.25, 0.3) is 0 Å². The number of aryl methyl sites for hydroxylation is 1. The Balaban J connectivity index is 2.77. The summed E-state index contributed by atoms with van der Waals surface area (Å²) in [6, 6.07) is 5.50. The van der Waals surface area contributed by atoms with Crippen LogP contribution >= 0.6 is 11.6 Å². The van der Waals surface area contributed by atoms with Crippen LogP contribution in [0.25, 0.3) is 6.08 Å². The monoisotopic (exact) mass is 309 g/mol. The number of hydrogen-bond acceptors (Lipinski definition) is 2. The number of benzene rings is 1. The molecule has 0 saturated carbocycles. The van der Waals surface area contributed by atoms with Crippen LogP contribution < -0.4 is 0 Å². The summed E-state index contributed by atoms with van der Waals surface area (Å²) in [5, 5.41) is 9.37. The number of nitrogens with zero attached hydrogens (tertiary/aromatic N) is 1. The predicted octanol–water partition coefficient (Wildman–Crippen LogP) is 3.37. The minimum absolute atomic E-state index is 0.0527. The van der Waals surface area contributed by atoms with E-state index in [1.165, 1.54) is 11.0 Å². The average Bonchev–Trinajstić information content (AvgIpc) is 2.39. The van der Waals surface area contributed by atoms with E-state index in [1.54, 1.807) is 12.1 Å². The Bertz CT molecular complexity index is 552. The lowest BCUT2D eigenvalue weighted by molar-refractivity contribution is -0.138. The number of carboxylic acids is 1. The van der Waals surface area contributed by atoms with Crippen molar-refractivity contribution in [2.24, 2.45) is 0 Å². The first kappa shape index (κ1) is 17.2. The molecule has 0 radical (unpaired) electrons. The molecule has 0 spiro atoms. The molecule has 4 nitrogen and oxygen atoms in total. The fourth-order valence-electron chi connectivity index (χ4n) is 1.81. The van der Waals surface area contributed by atoms with Crippen LogP contribution in [0.1, 0.15) is 31.4 Å². The number of carboxylic acid groups (broad SMARTS) is 1. The quantitative estimate of drug-likeness (QED) is 0.820. The third kappa shape index (κ3) is 5.60. The summed E-state index contributed by atoms with van der Waals surface area (Å²) in [6.07, 6.45) is 3.07. The van der Waals surface area contributed by atoms with Gasteiger partial charge in [-0.15, -0.1) is 0 Å². The van der Waals surface area contributed by atoms with Gasteiger partial charge in [-0.05, 0) is 44.0 Å². The van der Waals surface area contributed by atoms with Crippen LogP contribution in [0.4, 0.5) is 0 Å². The average molecular weight is 310 g/mol. The summed E-state index contributed by atoms with van der Waals surface area (Å²) in [5.41, 5.74) is 1.81. The maximum Gasteiger partial charge on any atom is 0.305 e.